The topological polar surface area (TPSA) is 12.0 Å². The summed E-state index contributed by atoms with van der Waals surface area (Å²) in [6.45, 7) is 1.77. The first-order valence-electron chi connectivity index (χ1n) is 7.26. The highest BCUT2D eigenvalue weighted by Crippen LogP contribution is 2.29. The van der Waals surface area contributed by atoms with E-state index in [0.29, 0.717) is 5.92 Å². The molecule has 1 saturated carbocycles. The number of halogens is 2. The Morgan fingerprint density at radius 1 is 1.16 bits per heavy atom. The minimum Gasteiger partial charge on any atom is -0.308 e. The molecule has 0 aliphatic heterocycles. The molecule has 0 aromatic heterocycles. The van der Waals surface area contributed by atoms with Crippen molar-refractivity contribution in [1.82, 2.24) is 5.32 Å². The highest BCUT2D eigenvalue weighted by atomic mass is 19.3. The van der Waals surface area contributed by atoms with Gasteiger partial charge in [-0.25, -0.2) is 0 Å². The highest BCUT2D eigenvalue weighted by molar-refractivity contribution is 5.20. The van der Waals surface area contributed by atoms with E-state index in [-0.39, 0.29) is 18.2 Å². The summed E-state index contributed by atoms with van der Waals surface area (Å²) in [6.07, 6.45) is 6.12. The van der Waals surface area contributed by atoms with E-state index in [4.69, 9.17) is 0 Å². The molecule has 1 N–H and O–H groups in total. The molecule has 1 atom stereocenters. The maximum absolute atomic E-state index is 14.0. The van der Waals surface area contributed by atoms with Crippen LogP contribution in [0.25, 0.3) is 0 Å². The number of hydrogen-bond donors (Lipinski definition) is 1. The second-order valence-electron chi connectivity index (χ2n) is 5.64. The lowest BCUT2D eigenvalue weighted by Gasteiger charge is -2.30. The second-order valence-corrected chi connectivity index (χ2v) is 5.64. The molecule has 0 spiro atoms. The van der Waals surface area contributed by atoms with Crippen molar-refractivity contribution in [2.24, 2.45) is 5.92 Å². The van der Waals surface area contributed by atoms with E-state index in [1.54, 1.807) is 18.2 Å². The Hall–Kier alpha value is -0.960. The van der Waals surface area contributed by atoms with Crippen molar-refractivity contribution in [3.8, 4) is 0 Å². The van der Waals surface area contributed by atoms with Crippen LogP contribution in [-0.4, -0.2) is 12.6 Å². The Bertz CT molecular complexity index is 372. The molecule has 1 aromatic carbocycles. The van der Waals surface area contributed by atoms with Gasteiger partial charge in [-0.3, -0.25) is 0 Å². The van der Waals surface area contributed by atoms with E-state index in [1.807, 2.05) is 6.92 Å². The number of alkyl halides is 2. The van der Waals surface area contributed by atoms with E-state index < -0.39 is 5.92 Å². The van der Waals surface area contributed by atoms with Crippen LogP contribution in [0.5, 0.6) is 0 Å². The van der Waals surface area contributed by atoms with Gasteiger partial charge in [-0.2, -0.15) is 8.78 Å². The lowest BCUT2D eigenvalue weighted by molar-refractivity contribution is -0.00751. The van der Waals surface area contributed by atoms with Crippen molar-refractivity contribution < 1.29 is 8.78 Å². The molecule has 0 heterocycles. The van der Waals surface area contributed by atoms with Crippen LogP contribution >= 0.6 is 0 Å². The normalized spacial score (nSPS) is 19.3. The Morgan fingerprint density at radius 2 is 1.79 bits per heavy atom. The predicted molar refractivity (Wildman–Crippen MR) is 74.4 cm³/mol. The van der Waals surface area contributed by atoms with Gasteiger partial charge in [0.05, 0.1) is 6.54 Å². The fraction of sp³-hybridized carbons (Fsp3) is 0.625. The summed E-state index contributed by atoms with van der Waals surface area (Å²) in [5.41, 5.74) is 0.0957. The van der Waals surface area contributed by atoms with Crippen molar-refractivity contribution >= 4 is 0 Å². The van der Waals surface area contributed by atoms with E-state index in [9.17, 15) is 8.78 Å². The summed E-state index contributed by atoms with van der Waals surface area (Å²) in [5.74, 6) is -2.23. The van der Waals surface area contributed by atoms with Crippen molar-refractivity contribution in [3.05, 3.63) is 35.9 Å². The maximum atomic E-state index is 14.0. The third kappa shape index (κ3) is 4.00. The highest BCUT2D eigenvalue weighted by Gasteiger charge is 2.32. The zero-order chi connectivity index (χ0) is 13.7. The van der Waals surface area contributed by atoms with Gasteiger partial charge in [0.2, 0.25) is 0 Å². The fourth-order valence-corrected chi connectivity index (χ4v) is 2.87. The SMILES string of the molecule is CC(NCC(F)(F)c1ccccc1)C1CCCCC1. The predicted octanol–water partition coefficient (Wildman–Crippen LogP) is 4.34. The minimum absolute atomic E-state index is 0.0957. The molecule has 2 rings (SSSR count). The Kier molecular flexibility index (Phi) is 4.92. The molecule has 106 valence electrons. The van der Waals surface area contributed by atoms with Gasteiger partial charge >= 0.3 is 0 Å². The molecular weight excluding hydrogens is 244 g/mol. The molecule has 0 amide bonds. The Morgan fingerprint density at radius 3 is 2.42 bits per heavy atom. The van der Waals surface area contributed by atoms with Gasteiger partial charge in [0.1, 0.15) is 0 Å². The number of nitrogens with one attached hydrogen (secondary N) is 1. The summed E-state index contributed by atoms with van der Waals surface area (Å²) in [4.78, 5) is 0. The first kappa shape index (κ1) is 14.4. The van der Waals surface area contributed by atoms with Crippen molar-refractivity contribution in [2.75, 3.05) is 6.54 Å². The van der Waals surface area contributed by atoms with Gasteiger partial charge in [0, 0.05) is 11.6 Å². The first-order valence-corrected chi connectivity index (χ1v) is 7.26. The zero-order valence-electron chi connectivity index (χ0n) is 11.5. The quantitative estimate of drug-likeness (QED) is 0.837. The third-order valence-corrected chi connectivity index (χ3v) is 4.20. The van der Waals surface area contributed by atoms with E-state index in [2.05, 4.69) is 5.32 Å². The molecule has 3 heteroatoms. The average Bonchev–Trinajstić information content (AvgIpc) is 2.47. The number of rotatable bonds is 5. The minimum atomic E-state index is -2.79. The molecule has 0 bridgehead atoms. The van der Waals surface area contributed by atoms with Crippen molar-refractivity contribution in [2.45, 2.75) is 51.0 Å². The maximum Gasteiger partial charge on any atom is 0.285 e. The van der Waals surface area contributed by atoms with Crippen LogP contribution in [0.4, 0.5) is 8.78 Å². The van der Waals surface area contributed by atoms with Crippen LogP contribution in [0.15, 0.2) is 30.3 Å². The van der Waals surface area contributed by atoms with Crippen LogP contribution in [0.3, 0.4) is 0 Å². The summed E-state index contributed by atoms with van der Waals surface area (Å²) < 4.78 is 28.0. The van der Waals surface area contributed by atoms with Crippen LogP contribution in [0.1, 0.15) is 44.6 Å². The van der Waals surface area contributed by atoms with Crippen LogP contribution in [-0.2, 0) is 5.92 Å². The van der Waals surface area contributed by atoms with Gasteiger partial charge in [-0.1, -0.05) is 49.6 Å². The summed E-state index contributed by atoms with van der Waals surface area (Å²) in [6, 6.07) is 8.24. The van der Waals surface area contributed by atoms with Crippen molar-refractivity contribution in [3.63, 3.8) is 0 Å². The first-order chi connectivity index (χ1) is 9.09. The molecule has 1 aliphatic rings. The smallest absolute Gasteiger partial charge is 0.285 e. The van der Waals surface area contributed by atoms with E-state index in [1.165, 1.54) is 44.2 Å². The van der Waals surface area contributed by atoms with E-state index in [0.717, 1.165) is 0 Å². The van der Waals surface area contributed by atoms with Crippen LogP contribution < -0.4 is 5.32 Å². The standard InChI is InChI=1S/C16H23F2N/c1-13(14-8-4-2-5-9-14)19-12-16(17,18)15-10-6-3-7-11-15/h3,6-7,10-11,13-14,19H,2,4-5,8-9,12H2,1H3. The molecule has 19 heavy (non-hydrogen) atoms. The molecule has 1 unspecified atom stereocenters. The van der Waals surface area contributed by atoms with Gasteiger partial charge in [-0.05, 0) is 25.7 Å². The average molecular weight is 267 g/mol. The third-order valence-electron chi connectivity index (χ3n) is 4.20. The fourth-order valence-electron chi connectivity index (χ4n) is 2.87. The van der Waals surface area contributed by atoms with Gasteiger partial charge < -0.3 is 5.32 Å². The molecule has 1 nitrogen and oxygen atoms in total. The lowest BCUT2D eigenvalue weighted by Crippen LogP contribution is -2.40. The summed E-state index contributed by atoms with van der Waals surface area (Å²) in [5, 5.41) is 3.04. The van der Waals surface area contributed by atoms with Gasteiger partial charge in [-0.15, -0.1) is 0 Å². The van der Waals surface area contributed by atoms with E-state index >= 15 is 0 Å². The largest absolute Gasteiger partial charge is 0.308 e. The van der Waals surface area contributed by atoms with Crippen LogP contribution in [0, 0.1) is 5.92 Å². The summed E-state index contributed by atoms with van der Waals surface area (Å²) in [7, 11) is 0. The zero-order valence-corrected chi connectivity index (χ0v) is 11.5. The Balaban J connectivity index is 1.86. The monoisotopic (exact) mass is 267 g/mol. The summed E-state index contributed by atoms with van der Waals surface area (Å²) >= 11 is 0. The van der Waals surface area contributed by atoms with Gasteiger partial charge in [0.25, 0.3) is 5.92 Å². The van der Waals surface area contributed by atoms with Crippen molar-refractivity contribution in [1.29, 1.82) is 0 Å². The number of hydrogen-bond acceptors (Lipinski definition) is 1. The van der Waals surface area contributed by atoms with Gasteiger partial charge in [0.15, 0.2) is 0 Å². The molecule has 1 fully saturated rings. The molecular formula is C16H23F2N. The van der Waals surface area contributed by atoms with Crippen LogP contribution in [0.2, 0.25) is 0 Å². The second kappa shape index (κ2) is 6.47. The molecule has 1 aromatic rings. The molecule has 0 radical (unpaired) electrons. The number of benzene rings is 1. The Labute approximate surface area is 114 Å². The lowest BCUT2D eigenvalue weighted by atomic mass is 9.84. The molecule has 0 saturated heterocycles. The molecule has 1 aliphatic carbocycles.